The Bertz CT molecular complexity index is 802. The smallest absolute Gasteiger partial charge is 0.335 e. The van der Waals surface area contributed by atoms with Crippen LogP contribution in [0.1, 0.15) is 46.4 Å². The third-order valence-electron chi connectivity index (χ3n) is 4.50. The average Bonchev–Trinajstić information content (AvgIpc) is 2.66. The van der Waals surface area contributed by atoms with E-state index in [4.69, 9.17) is 9.84 Å². The van der Waals surface area contributed by atoms with Gasteiger partial charge in [-0.2, -0.15) is 0 Å². The maximum atomic E-state index is 12.3. The fourth-order valence-corrected chi connectivity index (χ4v) is 3.07. The van der Waals surface area contributed by atoms with Gasteiger partial charge in [-0.1, -0.05) is 37.3 Å². The maximum absolute atomic E-state index is 12.3. The zero-order valence-electron chi connectivity index (χ0n) is 14.6. The summed E-state index contributed by atoms with van der Waals surface area (Å²) in [6.07, 6.45) is 1.61. The van der Waals surface area contributed by atoms with Gasteiger partial charge < -0.3 is 20.5 Å². The number of benzene rings is 2. The van der Waals surface area contributed by atoms with Crippen molar-refractivity contribution >= 4 is 12.0 Å². The molecule has 136 valence electrons. The van der Waals surface area contributed by atoms with E-state index < -0.39 is 5.97 Å². The summed E-state index contributed by atoms with van der Waals surface area (Å²) in [5.74, 6) is -0.0808. The summed E-state index contributed by atoms with van der Waals surface area (Å²) >= 11 is 0. The standard InChI is InChI=1S/C20H22N2O4/c1-2-14-4-3-5-16-17(10-11-26-18(14)16)22-20(25)21-12-13-6-8-15(9-7-13)19(23)24/h3-9,17H,2,10-12H2,1H3,(H,23,24)(H2,21,22,25). The molecule has 0 bridgehead atoms. The lowest BCUT2D eigenvalue weighted by Crippen LogP contribution is -2.39. The van der Waals surface area contributed by atoms with Crippen molar-refractivity contribution in [3.05, 3.63) is 64.7 Å². The molecule has 1 aliphatic rings. The van der Waals surface area contributed by atoms with E-state index in [9.17, 15) is 9.59 Å². The third kappa shape index (κ3) is 3.96. The lowest BCUT2D eigenvalue weighted by atomic mass is 9.97. The molecular formula is C20H22N2O4. The van der Waals surface area contributed by atoms with Crippen LogP contribution in [0.15, 0.2) is 42.5 Å². The van der Waals surface area contributed by atoms with E-state index in [0.717, 1.165) is 35.3 Å². The van der Waals surface area contributed by atoms with E-state index in [1.165, 1.54) is 12.1 Å². The highest BCUT2D eigenvalue weighted by Crippen LogP contribution is 2.35. The minimum Gasteiger partial charge on any atom is -0.493 e. The zero-order valence-corrected chi connectivity index (χ0v) is 14.6. The normalized spacial score (nSPS) is 15.5. The van der Waals surface area contributed by atoms with Crippen LogP contribution in [0.3, 0.4) is 0 Å². The van der Waals surface area contributed by atoms with Gasteiger partial charge in [-0.25, -0.2) is 9.59 Å². The molecule has 26 heavy (non-hydrogen) atoms. The molecule has 1 aliphatic heterocycles. The first-order valence-corrected chi connectivity index (χ1v) is 8.69. The Labute approximate surface area is 152 Å². The molecular weight excluding hydrogens is 332 g/mol. The number of carbonyl (C=O) groups excluding carboxylic acids is 1. The van der Waals surface area contributed by atoms with Crippen LogP contribution in [-0.2, 0) is 13.0 Å². The van der Waals surface area contributed by atoms with E-state index in [0.29, 0.717) is 13.2 Å². The SMILES string of the molecule is CCc1cccc2c1OCCC2NC(=O)NCc1ccc(C(=O)O)cc1. The summed E-state index contributed by atoms with van der Waals surface area (Å²) < 4.78 is 5.80. The second-order valence-electron chi connectivity index (χ2n) is 6.21. The molecule has 1 unspecified atom stereocenters. The number of nitrogens with one attached hydrogen (secondary N) is 2. The highest BCUT2D eigenvalue weighted by molar-refractivity contribution is 5.87. The zero-order chi connectivity index (χ0) is 18.5. The summed E-state index contributed by atoms with van der Waals surface area (Å²) in [6.45, 7) is 2.99. The van der Waals surface area contributed by atoms with E-state index in [1.807, 2.05) is 18.2 Å². The van der Waals surface area contributed by atoms with Gasteiger partial charge in [0.05, 0.1) is 18.2 Å². The molecule has 0 saturated heterocycles. The van der Waals surface area contributed by atoms with Gasteiger partial charge in [-0.3, -0.25) is 0 Å². The van der Waals surface area contributed by atoms with Crippen LogP contribution in [0.5, 0.6) is 5.75 Å². The molecule has 0 radical (unpaired) electrons. The summed E-state index contributed by atoms with van der Waals surface area (Å²) in [5.41, 5.74) is 3.22. The number of aromatic carboxylic acids is 1. The molecule has 0 spiro atoms. The van der Waals surface area contributed by atoms with Crippen LogP contribution in [-0.4, -0.2) is 23.7 Å². The summed E-state index contributed by atoms with van der Waals surface area (Å²) in [7, 11) is 0. The van der Waals surface area contributed by atoms with E-state index in [-0.39, 0.29) is 17.6 Å². The summed E-state index contributed by atoms with van der Waals surface area (Å²) in [4.78, 5) is 23.1. The number of carboxylic acid groups (broad SMARTS) is 1. The Morgan fingerprint density at radius 3 is 2.65 bits per heavy atom. The minimum atomic E-state index is -0.966. The number of rotatable bonds is 5. The van der Waals surface area contributed by atoms with Crippen molar-refractivity contribution < 1.29 is 19.4 Å². The van der Waals surface area contributed by atoms with Gasteiger partial charge in [0.1, 0.15) is 5.75 Å². The second kappa shape index (κ2) is 7.91. The van der Waals surface area contributed by atoms with Gasteiger partial charge in [0.2, 0.25) is 0 Å². The quantitative estimate of drug-likeness (QED) is 0.769. The first kappa shape index (κ1) is 17.8. The van der Waals surface area contributed by atoms with Crippen LogP contribution < -0.4 is 15.4 Å². The molecule has 6 heteroatoms. The first-order chi connectivity index (χ1) is 12.6. The number of carboxylic acids is 1. The second-order valence-corrected chi connectivity index (χ2v) is 6.21. The van der Waals surface area contributed by atoms with Crippen LogP contribution in [0, 0.1) is 0 Å². The molecule has 0 aliphatic carbocycles. The Kier molecular flexibility index (Phi) is 5.41. The monoisotopic (exact) mass is 354 g/mol. The number of para-hydroxylation sites is 1. The average molecular weight is 354 g/mol. The molecule has 2 amide bonds. The minimum absolute atomic E-state index is 0.0837. The van der Waals surface area contributed by atoms with Crippen LogP contribution in [0.4, 0.5) is 4.79 Å². The predicted molar refractivity (Wildman–Crippen MR) is 97.4 cm³/mol. The molecule has 3 N–H and O–H groups in total. The topological polar surface area (TPSA) is 87.7 Å². The number of hydrogen-bond donors (Lipinski definition) is 3. The lowest BCUT2D eigenvalue weighted by Gasteiger charge is -2.28. The molecule has 2 aromatic rings. The fourth-order valence-electron chi connectivity index (χ4n) is 3.07. The van der Waals surface area contributed by atoms with E-state index >= 15 is 0 Å². The lowest BCUT2D eigenvalue weighted by molar-refractivity contribution is 0.0697. The number of aryl methyl sites for hydroxylation is 1. The Morgan fingerprint density at radius 2 is 1.96 bits per heavy atom. The summed E-state index contributed by atoms with van der Waals surface area (Å²) in [5, 5.41) is 14.7. The molecule has 0 saturated carbocycles. The number of amides is 2. The number of fused-ring (bicyclic) bond motifs is 1. The maximum Gasteiger partial charge on any atom is 0.335 e. The fraction of sp³-hybridized carbons (Fsp3) is 0.300. The Hall–Kier alpha value is -3.02. The molecule has 1 atom stereocenters. The van der Waals surface area contributed by atoms with Gasteiger partial charge in [-0.05, 0) is 29.7 Å². The van der Waals surface area contributed by atoms with Crippen molar-refractivity contribution in [1.29, 1.82) is 0 Å². The number of carbonyl (C=O) groups is 2. The van der Waals surface area contributed by atoms with Crippen molar-refractivity contribution in [2.24, 2.45) is 0 Å². The Balaban J connectivity index is 1.60. The van der Waals surface area contributed by atoms with E-state index in [1.54, 1.807) is 12.1 Å². The third-order valence-corrected chi connectivity index (χ3v) is 4.50. The molecule has 2 aromatic carbocycles. The molecule has 6 nitrogen and oxygen atoms in total. The van der Waals surface area contributed by atoms with Crippen LogP contribution in [0.25, 0.3) is 0 Å². The van der Waals surface area contributed by atoms with Crippen LogP contribution in [0.2, 0.25) is 0 Å². The van der Waals surface area contributed by atoms with Crippen molar-refractivity contribution in [3.8, 4) is 5.75 Å². The van der Waals surface area contributed by atoms with Crippen LogP contribution >= 0.6 is 0 Å². The number of hydrogen-bond acceptors (Lipinski definition) is 3. The van der Waals surface area contributed by atoms with Crippen molar-refractivity contribution in [3.63, 3.8) is 0 Å². The van der Waals surface area contributed by atoms with Gasteiger partial charge in [0.15, 0.2) is 0 Å². The van der Waals surface area contributed by atoms with Gasteiger partial charge >= 0.3 is 12.0 Å². The van der Waals surface area contributed by atoms with Crippen molar-refractivity contribution in [2.75, 3.05) is 6.61 Å². The highest BCUT2D eigenvalue weighted by atomic mass is 16.5. The number of ether oxygens (including phenoxy) is 1. The molecule has 0 fully saturated rings. The Morgan fingerprint density at radius 1 is 1.19 bits per heavy atom. The van der Waals surface area contributed by atoms with Crippen molar-refractivity contribution in [1.82, 2.24) is 10.6 Å². The molecule has 1 heterocycles. The molecule has 0 aromatic heterocycles. The molecule has 3 rings (SSSR count). The van der Waals surface area contributed by atoms with Gasteiger partial charge in [0.25, 0.3) is 0 Å². The van der Waals surface area contributed by atoms with Gasteiger partial charge in [0, 0.05) is 18.5 Å². The number of urea groups is 1. The first-order valence-electron chi connectivity index (χ1n) is 8.69. The highest BCUT2D eigenvalue weighted by Gasteiger charge is 2.24. The predicted octanol–water partition coefficient (Wildman–Crippen LogP) is 3.27. The largest absolute Gasteiger partial charge is 0.493 e. The van der Waals surface area contributed by atoms with Gasteiger partial charge in [-0.15, -0.1) is 0 Å². The van der Waals surface area contributed by atoms with E-state index in [2.05, 4.69) is 17.6 Å². The van der Waals surface area contributed by atoms with Crippen molar-refractivity contribution in [2.45, 2.75) is 32.4 Å². The summed E-state index contributed by atoms with van der Waals surface area (Å²) in [6, 6.07) is 12.1.